The van der Waals surface area contributed by atoms with Crippen LogP contribution in [-0.2, 0) is 0 Å². The molecule has 0 atom stereocenters. The third kappa shape index (κ3) is 3.05. The summed E-state index contributed by atoms with van der Waals surface area (Å²) in [5.74, 6) is 0. The quantitative estimate of drug-likeness (QED) is 0.413. The summed E-state index contributed by atoms with van der Waals surface area (Å²) < 4.78 is 0. The molecule has 1 heteroatoms. The Bertz CT molecular complexity index is 153. The fourth-order valence-corrected chi connectivity index (χ4v) is 3.68. The minimum absolute atomic E-state index is 1.02. The molecule has 0 spiro atoms. The second kappa shape index (κ2) is 5.78. The fourth-order valence-electron chi connectivity index (χ4n) is 1.23. The van der Waals surface area contributed by atoms with Gasteiger partial charge in [0.1, 0.15) is 0 Å². The SMILES string of the molecule is C=C[CH][Si](C=C)(CC=C)CC=C. The van der Waals surface area contributed by atoms with E-state index in [2.05, 4.69) is 38.1 Å². The van der Waals surface area contributed by atoms with E-state index in [1.165, 1.54) is 0 Å². The van der Waals surface area contributed by atoms with Crippen LogP contribution in [0.2, 0.25) is 12.1 Å². The first-order valence-electron chi connectivity index (χ1n) is 4.07. The summed E-state index contributed by atoms with van der Waals surface area (Å²) >= 11 is 0. The number of hydrogen-bond donors (Lipinski definition) is 0. The third-order valence-electron chi connectivity index (χ3n) is 1.91. The van der Waals surface area contributed by atoms with E-state index >= 15 is 0 Å². The van der Waals surface area contributed by atoms with Gasteiger partial charge in [-0.1, -0.05) is 18.2 Å². The van der Waals surface area contributed by atoms with Crippen molar-refractivity contribution < 1.29 is 0 Å². The molecule has 0 aromatic heterocycles. The lowest BCUT2D eigenvalue weighted by Gasteiger charge is -2.23. The first-order valence-corrected chi connectivity index (χ1v) is 6.64. The fraction of sp³-hybridized carbons (Fsp3) is 0.182. The van der Waals surface area contributed by atoms with Crippen molar-refractivity contribution in [2.45, 2.75) is 12.1 Å². The Hall–Kier alpha value is -0.823. The second-order valence-corrected chi connectivity index (χ2v) is 6.85. The van der Waals surface area contributed by atoms with E-state index in [1.807, 2.05) is 18.2 Å². The second-order valence-electron chi connectivity index (χ2n) is 2.83. The molecular weight excluding hydrogens is 160 g/mol. The van der Waals surface area contributed by atoms with Crippen molar-refractivity contribution in [3.8, 4) is 0 Å². The Kier molecular flexibility index (Phi) is 5.38. The predicted octanol–water partition coefficient (Wildman–Crippen LogP) is 3.46. The average molecular weight is 177 g/mol. The number of allylic oxidation sites excluding steroid dienone is 3. The Labute approximate surface area is 77.0 Å². The van der Waals surface area contributed by atoms with Crippen molar-refractivity contribution in [1.82, 2.24) is 0 Å². The van der Waals surface area contributed by atoms with Crippen molar-refractivity contribution in [2.75, 3.05) is 0 Å². The van der Waals surface area contributed by atoms with Gasteiger partial charge < -0.3 is 0 Å². The highest BCUT2D eigenvalue weighted by Gasteiger charge is 2.24. The van der Waals surface area contributed by atoms with Crippen LogP contribution in [0.5, 0.6) is 0 Å². The zero-order chi connectivity index (χ0) is 9.45. The monoisotopic (exact) mass is 177 g/mol. The van der Waals surface area contributed by atoms with E-state index in [-0.39, 0.29) is 0 Å². The van der Waals surface area contributed by atoms with E-state index in [0.29, 0.717) is 0 Å². The van der Waals surface area contributed by atoms with Crippen LogP contribution in [-0.4, -0.2) is 8.07 Å². The van der Waals surface area contributed by atoms with Crippen LogP contribution in [0.25, 0.3) is 0 Å². The van der Waals surface area contributed by atoms with Crippen LogP contribution in [0.1, 0.15) is 0 Å². The summed E-state index contributed by atoms with van der Waals surface area (Å²) in [4.78, 5) is 0. The maximum Gasteiger partial charge on any atom is 0.0916 e. The molecule has 0 saturated heterocycles. The molecule has 0 aromatic carbocycles. The Morgan fingerprint density at radius 1 is 0.917 bits per heavy atom. The smallest absolute Gasteiger partial charge is 0.0916 e. The van der Waals surface area contributed by atoms with Crippen molar-refractivity contribution >= 4 is 8.07 Å². The van der Waals surface area contributed by atoms with Crippen LogP contribution in [0.15, 0.2) is 50.2 Å². The summed E-state index contributed by atoms with van der Waals surface area (Å²) in [5.41, 5.74) is 2.07. The van der Waals surface area contributed by atoms with Gasteiger partial charge in [0.15, 0.2) is 0 Å². The van der Waals surface area contributed by atoms with Crippen molar-refractivity contribution in [3.05, 3.63) is 56.3 Å². The van der Waals surface area contributed by atoms with Gasteiger partial charge in [-0.3, -0.25) is 0 Å². The van der Waals surface area contributed by atoms with E-state index < -0.39 is 8.07 Å². The molecule has 0 fully saturated rings. The summed E-state index contributed by atoms with van der Waals surface area (Å²) in [6.07, 6.45) is 5.77. The van der Waals surface area contributed by atoms with Gasteiger partial charge in [0.25, 0.3) is 0 Å². The van der Waals surface area contributed by atoms with Crippen LogP contribution < -0.4 is 0 Å². The topological polar surface area (TPSA) is 0 Å². The van der Waals surface area contributed by atoms with E-state index in [4.69, 9.17) is 0 Å². The molecule has 0 saturated carbocycles. The summed E-state index contributed by atoms with van der Waals surface area (Å²) in [7, 11) is -1.48. The molecule has 0 aromatic rings. The molecular formula is C11H17Si. The molecule has 0 rings (SSSR count). The first-order chi connectivity index (χ1) is 5.74. The molecule has 0 N–H and O–H groups in total. The largest absolute Gasteiger partial charge is 0.107 e. The van der Waals surface area contributed by atoms with Gasteiger partial charge in [-0.15, -0.1) is 32.0 Å². The standard InChI is InChI=1S/C11H17Si/c1-5-9-12(8-4,10-6-2)11-7-3/h5-9H,1-4,10-11H2. The molecule has 1 radical (unpaired) electrons. The van der Waals surface area contributed by atoms with Gasteiger partial charge in [0.2, 0.25) is 0 Å². The summed E-state index contributed by atoms with van der Waals surface area (Å²) in [6, 6.07) is 4.23. The molecule has 0 heterocycles. The van der Waals surface area contributed by atoms with Crippen LogP contribution in [0, 0.1) is 6.04 Å². The molecule has 0 amide bonds. The molecule has 65 valence electrons. The Morgan fingerprint density at radius 3 is 1.67 bits per heavy atom. The van der Waals surface area contributed by atoms with Crippen molar-refractivity contribution in [1.29, 1.82) is 0 Å². The predicted molar refractivity (Wildman–Crippen MR) is 60.5 cm³/mol. The highest BCUT2D eigenvalue weighted by atomic mass is 28.3. The van der Waals surface area contributed by atoms with E-state index in [0.717, 1.165) is 12.1 Å². The summed E-state index contributed by atoms with van der Waals surface area (Å²) in [5, 5.41) is 0. The molecule has 0 bridgehead atoms. The first kappa shape index (κ1) is 11.2. The van der Waals surface area contributed by atoms with Gasteiger partial charge in [-0.25, -0.2) is 0 Å². The molecule has 0 aliphatic rings. The lowest BCUT2D eigenvalue weighted by atomic mass is 10.7. The normalized spacial score (nSPS) is 10.3. The van der Waals surface area contributed by atoms with Gasteiger partial charge in [0, 0.05) is 0 Å². The molecule has 0 unspecified atom stereocenters. The van der Waals surface area contributed by atoms with Crippen molar-refractivity contribution in [3.63, 3.8) is 0 Å². The van der Waals surface area contributed by atoms with Crippen LogP contribution in [0.3, 0.4) is 0 Å². The minimum Gasteiger partial charge on any atom is -0.107 e. The highest BCUT2D eigenvalue weighted by molar-refractivity contribution is 6.88. The molecule has 0 aliphatic heterocycles. The third-order valence-corrected chi connectivity index (χ3v) is 5.72. The van der Waals surface area contributed by atoms with Gasteiger partial charge in [-0.05, 0) is 18.1 Å². The van der Waals surface area contributed by atoms with Gasteiger partial charge >= 0.3 is 0 Å². The van der Waals surface area contributed by atoms with Crippen molar-refractivity contribution in [2.24, 2.45) is 0 Å². The lowest BCUT2D eigenvalue weighted by Crippen LogP contribution is -2.30. The van der Waals surface area contributed by atoms with Gasteiger partial charge in [0.05, 0.1) is 8.07 Å². The van der Waals surface area contributed by atoms with Crippen LogP contribution >= 0.6 is 0 Å². The van der Waals surface area contributed by atoms with Gasteiger partial charge in [-0.2, -0.15) is 0 Å². The zero-order valence-electron chi connectivity index (χ0n) is 7.63. The lowest BCUT2D eigenvalue weighted by molar-refractivity contribution is 1.46. The maximum absolute atomic E-state index is 3.88. The molecule has 0 aliphatic carbocycles. The van der Waals surface area contributed by atoms with E-state index in [1.54, 1.807) is 0 Å². The highest BCUT2D eigenvalue weighted by Crippen LogP contribution is 2.21. The zero-order valence-corrected chi connectivity index (χ0v) is 8.63. The van der Waals surface area contributed by atoms with E-state index in [9.17, 15) is 0 Å². The number of hydrogen-bond acceptors (Lipinski definition) is 0. The molecule has 0 nitrogen and oxygen atoms in total. The average Bonchev–Trinajstić information content (AvgIpc) is 2.06. The molecule has 12 heavy (non-hydrogen) atoms. The maximum atomic E-state index is 3.88. The Morgan fingerprint density at radius 2 is 1.42 bits per heavy atom. The Balaban J connectivity index is 4.45. The minimum atomic E-state index is -1.48. The van der Waals surface area contributed by atoms with Crippen LogP contribution in [0.4, 0.5) is 0 Å². The summed E-state index contributed by atoms with van der Waals surface area (Å²) in [6.45, 7) is 15.1. The number of rotatable bonds is 7.